The molecule has 1 atom stereocenters. The summed E-state index contributed by atoms with van der Waals surface area (Å²) < 4.78 is 88.3. The molecular formula is C15H17F7O. The van der Waals surface area contributed by atoms with Crippen molar-refractivity contribution >= 4 is 0 Å². The lowest BCUT2D eigenvalue weighted by molar-refractivity contribution is -0.358. The highest BCUT2D eigenvalue weighted by atomic mass is 19.4. The zero-order valence-corrected chi connectivity index (χ0v) is 12.7. The Balaban J connectivity index is 2.97. The molecule has 0 aliphatic heterocycles. The molecule has 1 aromatic carbocycles. The van der Waals surface area contributed by atoms with E-state index in [0.717, 1.165) is 5.56 Å². The van der Waals surface area contributed by atoms with Gasteiger partial charge in [-0.1, -0.05) is 45.0 Å². The molecule has 1 N–H and O–H groups in total. The predicted molar refractivity (Wildman–Crippen MR) is 70.7 cm³/mol. The molecule has 0 bridgehead atoms. The van der Waals surface area contributed by atoms with Crippen LogP contribution in [0, 0.1) is 0 Å². The van der Waals surface area contributed by atoms with Gasteiger partial charge in [-0.15, -0.1) is 0 Å². The zero-order valence-electron chi connectivity index (χ0n) is 12.7. The van der Waals surface area contributed by atoms with E-state index in [1.54, 1.807) is 0 Å². The molecule has 0 heterocycles. The van der Waals surface area contributed by atoms with Crippen LogP contribution in [0.25, 0.3) is 0 Å². The summed E-state index contributed by atoms with van der Waals surface area (Å²) in [6.45, 7) is 5.61. The van der Waals surface area contributed by atoms with Gasteiger partial charge in [0.15, 0.2) is 0 Å². The molecule has 0 amide bonds. The maximum Gasteiger partial charge on any atom is 0.459 e. The van der Waals surface area contributed by atoms with Gasteiger partial charge in [0.1, 0.15) is 0 Å². The first-order valence-electron chi connectivity index (χ1n) is 6.70. The van der Waals surface area contributed by atoms with Gasteiger partial charge in [0.25, 0.3) is 0 Å². The lowest BCUT2D eigenvalue weighted by Gasteiger charge is -2.29. The van der Waals surface area contributed by atoms with E-state index in [1.165, 1.54) is 24.3 Å². The number of hydrogen-bond donors (Lipinski definition) is 1. The van der Waals surface area contributed by atoms with E-state index < -0.39 is 30.5 Å². The molecule has 0 aliphatic carbocycles. The molecule has 0 saturated carbocycles. The fourth-order valence-corrected chi connectivity index (χ4v) is 1.90. The maximum absolute atomic E-state index is 13.3. The Hall–Kier alpha value is -1.31. The normalized spacial score (nSPS) is 15.6. The number of aliphatic hydroxyl groups is 1. The van der Waals surface area contributed by atoms with Crippen molar-refractivity contribution in [3.8, 4) is 0 Å². The Morgan fingerprint density at radius 3 is 1.65 bits per heavy atom. The largest absolute Gasteiger partial charge is 0.459 e. The SMILES string of the molecule is CC(C)(C)c1ccc(C(O)CC(F)(F)C(F)(F)C(F)(F)F)cc1. The Kier molecular flexibility index (Phi) is 5.11. The van der Waals surface area contributed by atoms with E-state index in [1.807, 2.05) is 20.8 Å². The predicted octanol–water partition coefficient (Wildman–Crippen LogP) is 5.24. The van der Waals surface area contributed by atoms with Crippen molar-refractivity contribution in [3.63, 3.8) is 0 Å². The van der Waals surface area contributed by atoms with Crippen molar-refractivity contribution in [2.24, 2.45) is 0 Å². The maximum atomic E-state index is 13.3. The Labute approximate surface area is 129 Å². The molecule has 23 heavy (non-hydrogen) atoms. The number of alkyl halides is 7. The van der Waals surface area contributed by atoms with Gasteiger partial charge in [-0.05, 0) is 16.5 Å². The van der Waals surface area contributed by atoms with Crippen LogP contribution in [0.3, 0.4) is 0 Å². The van der Waals surface area contributed by atoms with Gasteiger partial charge in [-0.2, -0.15) is 30.7 Å². The standard InChI is InChI=1S/C15H17F7O/c1-12(2,3)10-6-4-9(5-7-10)11(23)8-13(16,17)14(18,19)15(20,21)22/h4-7,11,23H,8H2,1-3H3. The number of aliphatic hydroxyl groups excluding tert-OH is 1. The van der Waals surface area contributed by atoms with Crippen molar-refractivity contribution in [2.45, 2.75) is 56.7 Å². The minimum atomic E-state index is -6.40. The number of hydrogen-bond acceptors (Lipinski definition) is 1. The molecule has 1 aromatic rings. The van der Waals surface area contributed by atoms with Gasteiger partial charge in [0.05, 0.1) is 6.10 Å². The third kappa shape index (κ3) is 4.16. The first-order valence-corrected chi connectivity index (χ1v) is 6.70. The van der Waals surface area contributed by atoms with E-state index in [-0.39, 0.29) is 11.0 Å². The fraction of sp³-hybridized carbons (Fsp3) is 0.600. The zero-order chi connectivity index (χ0) is 18.3. The summed E-state index contributed by atoms with van der Waals surface area (Å²) >= 11 is 0. The first-order chi connectivity index (χ1) is 10.1. The van der Waals surface area contributed by atoms with Crippen LogP contribution in [0.5, 0.6) is 0 Å². The smallest absolute Gasteiger partial charge is 0.388 e. The topological polar surface area (TPSA) is 20.2 Å². The van der Waals surface area contributed by atoms with E-state index in [0.29, 0.717) is 0 Å². The fourth-order valence-electron chi connectivity index (χ4n) is 1.90. The highest BCUT2D eigenvalue weighted by Gasteiger charge is 2.72. The minimum absolute atomic E-state index is 0.157. The second-order valence-electron chi connectivity index (χ2n) is 6.37. The van der Waals surface area contributed by atoms with Crippen molar-refractivity contribution in [1.29, 1.82) is 0 Å². The van der Waals surface area contributed by atoms with Crippen LogP contribution < -0.4 is 0 Å². The van der Waals surface area contributed by atoms with Crippen LogP contribution in [0.4, 0.5) is 30.7 Å². The molecule has 1 unspecified atom stereocenters. The number of rotatable bonds is 4. The van der Waals surface area contributed by atoms with Crippen LogP contribution in [0.2, 0.25) is 0 Å². The summed E-state index contributed by atoms with van der Waals surface area (Å²) in [5.41, 5.74) is 0.369. The van der Waals surface area contributed by atoms with Gasteiger partial charge in [0, 0.05) is 6.42 Å². The molecule has 0 spiro atoms. The van der Waals surface area contributed by atoms with Crippen LogP contribution >= 0.6 is 0 Å². The average Bonchev–Trinajstić information content (AvgIpc) is 2.35. The Morgan fingerprint density at radius 2 is 1.30 bits per heavy atom. The quantitative estimate of drug-likeness (QED) is 0.739. The van der Waals surface area contributed by atoms with Crippen LogP contribution in [0.15, 0.2) is 24.3 Å². The van der Waals surface area contributed by atoms with E-state index in [2.05, 4.69) is 0 Å². The average molecular weight is 346 g/mol. The van der Waals surface area contributed by atoms with Crippen LogP contribution in [0.1, 0.15) is 44.4 Å². The third-order valence-electron chi connectivity index (χ3n) is 3.43. The molecule has 132 valence electrons. The van der Waals surface area contributed by atoms with Gasteiger partial charge in [-0.25, -0.2) is 0 Å². The Morgan fingerprint density at radius 1 is 0.870 bits per heavy atom. The van der Waals surface area contributed by atoms with Gasteiger partial charge < -0.3 is 5.11 Å². The van der Waals surface area contributed by atoms with E-state index in [4.69, 9.17) is 0 Å². The summed E-state index contributed by atoms with van der Waals surface area (Å²) in [6.07, 6.45) is -10.6. The summed E-state index contributed by atoms with van der Waals surface area (Å²) in [7, 11) is 0. The molecule has 0 aliphatic rings. The van der Waals surface area contributed by atoms with Crippen molar-refractivity contribution in [3.05, 3.63) is 35.4 Å². The van der Waals surface area contributed by atoms with E-state index >= 15 is 0 Å². The van der Waals surface area contributed by atoms with Gasteiger partial charge in [-0.3, -0.25) is 0 Å². The highest BCUT2D eigenvalue weighted by molar-refractivity contribution is 5.28. The lowest BCUT2D eigenvalue weighted by atomic mass is 9.86. The molecule has 0 radical (unpaired) electrons. The molecule has 0 saturated heterocycles. The summed E-state index contributed by atoms with van der Waals surface area (Å²) in [6, 6.07) is 5.46. The molecule has 8 heteroatoms. The molecule has 0 aromatic heterocycles. The van der Waals surface area contributed by atoms with Crippen molar-refractivity contribution < 1.29 is 35.8 Å². The third-order valence-corrected chi connectivity index (χ3v) is 3.43. The second kappa shape index (κ2) is 5.96. The summed E-state index contributed by atoms with van der Waals surface area (Å²) in [4.78, 5) is 0. The molecular weight excluding hydrogens is 329 g/mol. The molecule has 1 rings (SSSR count). The first kappa shape index (κ1) is 19.7. The minimum Gasteiger partial charge on any atom is -0.388 e. The Bertz CT molecular complexity index is 526. The molecule has 1 nitrogen and oxygen atoms in total. The number of halogens is 7. The molecule has 0 fully saturated rings. The van der Waals surface area contributed by atoms with Crippen molar-refractivity contribution in [2.75, 3.05) is 0 Å². The van der Waals surface area contributed by atoms with Crippen LogP contribution in [-0.4, -0.2) is 23.1 Å². The van der Waals surface area contributed by atoms with Crippen molar-refractivity contribution in [1.82, 2.24) is 0 Å². The number of benzene rings is 1. The monoisotopic (exact) mass is 346 g/mol. The second-order valence-corrected chi connectivity index (χ2v) is 6.37. The van der Waals surface area contributed by atoms with Gasteiger partial charge in [0.2, 0.25) is 0 Å². The summed E-state index contributed by atoms with van der Waals surface area (Å²) in [5.74, 6) is -11.6. The lowest BCUT2D eigenvalue weighted by Crippen LogP contribution is -2.52. The van der Waals surface area contributed by atoms with Gasteiger partial charge >= 0.3 is 18.0 Å². The van der Waals surface area contributed by atoms with E-state index in [9.17, 15) is 35.8 Å². The highest BCUT2D eigenvalue weighted by Crippen LogP contribution is 2.49. The summed E-state index contributed by atoms with van der Waals surface area (Å²) in [5, 5.41) is 9.60. The van der Waals surface area contributed by atoms with Crippen LogP contribution in [-0.2, 0) is 5.41 Å².